The Morgan fingerprint density at radius 3 is 3.05 bits per heavy atom. The van der Waals surface area contributed by atoms with Crippen LogP contribution in [-0.4, -0.2) is 30.8 Å². The Morgan fingerprint density at radius 2 is 2.33 bits per heavy atom. The zero-order valence-corrected chi connectivity index (χ0v) is 11.2. The van der Waals surface area contributed by atoms with Crippen molar-refractivity contribution in [3.05, 3.63) is 27.9 Å². The summed E-state index contributed by atoms with van der Waals surface area (Å²) in [6.07, 6.45) is 3.74. The summed E-state index contributed by atoms with van der Waals surface area (Å²) in [7, 11) is 0. The third-order valence-corrected chi connectivity index (χ3v) is 3.67. The highest BCUT2D eigenvalue weighted by molar-refractivity contribution is 5.90. The molecule has 21 heavy (non-hydrogen) atoms. The van der Waals surface area contributed by atoms with Crippen molar-refractivity contribution in [2.45, 2.75) is 38.1 Å². The zero-order chi connectivity index (χ0) is 15.0. The van der Waals surface area contributed by atoms with Crippen LogP contribution in [0.5, 0.6) is 0 Å². The average Bonchev–Trinajstić information content (AvgIpc) is 2.90. The minimum atomic E-state index is -1.18. The van der Waals surface area contributed by atoms with Gasteiger partial charge in [0.05, 0.1) is 0 Å². The van der Waals surface area contributed by atoms with E-state index in [0.717, 1.165) is 19.3 Å². The van der Waals surface area contributed by atoms with Gasteiger partial charge in [-0.15, -0.1) is 0 Å². The molecule has 1 aliphatic heterocycles. The zero-order valence-electron chi connectivity index (χ0n) is 11.2. The molecule has 0 aliphatic carbocycles. The van der Waals surface area contributed by atoms with Crippen molar-refractivity contribution < 1.29 is 14.4 Å². The van der Waals surface area contributed by atoms with Crippen molar-refractivity contribution in [1.29, 1.82) is 0 Å². The summed E-state index contributed by atoms with van der Waals surface area (Å²) in [4.78, 5) is 29.5. The van der Waals surface area contributed by atoms with Crippen LogP contribution in [0.1, 0.15) is 47.4 Å². The molecule has 3 heterocycles. The first kappa shape index (κ1) is 13.4. The molecule has 0 amide bonds. The van der Waals surface area contributed by atoms with E-state index in [2.05, 4.69) is 15.1 Å². The number of fused-ring (bicyclic) bond motifs is 1. The van der Waals surface area contributed by atoms with E-state index in [-0.39, 0.29) is 17.6 Å². The lowest BCUT2D eigenvalue weighted by Gasteiger charge is -2.14. The Morgan fingerprint density at radius 1 is 1.52 bits per heavy atom. The third-order valence-electron chi connectivity index (χ3n) is 3.67. The number of aromatic carboxylic acids is 1. The molecule has 0 radical (unpaired) electrons. The average molecular weight is 293 g/mol. The van der Waals surface area contributed by atoms with E-state index in [4.69, 9.17) is 15.4 Å². The number of nitrogens with one attached hydrogen (secondary N) is 1. The van der Waals surface area contributed by atoms with Gasteiger partial charge in [-0.3, -0.25) is 9.09 Å². The van der Waals surface area contributed by atoms with Crippen LogP contribution in [-0.2, 0) is 12.8 Å². The molecule has 0 saturated carbocycles. The predicted molar refractivity (Wildman–Crippen MR) is 71.0 cm³/mol. The van der Waals surface area contributed by atoms with Crippen molar-refractivity contribution in [2.75, 3.05) is 5.73 Å². The fourth-order valence-corrected chi connectivity index (χ4v) is 2.72. The summed E-state index contributed by atoms with van der Waals surface area (Å²) < 4.78 is 6.25. The number of aromatic amines is 1. The van der Waals surface area contributed by atoms with Gasteiger partial charge in [-0.25, -0.2) is 14.6 Å². The molecular weight excluding hydrogens is 278 g/mol. The van der Waals surface area contributed by atoms with Crippen LogP contribution in [0.15, 0.2) is 9.32 Å². The lowest BCUT2D eigenvalue weighted by atomic mass is 10.1. The highest BCUT2D eigenvalue weighted by atomic mass is 16.5. The molecule has 112 valence electrons. The molecule has 1 unspecified atom stereocenters. The van der Waals surface area contributed by atoms with E-state index >= 15 is 0 Å². The number of imidazole rings is 1. The van der Waals surface area contributed by atoms with Crippen molar-refractivity contribution in [3.63, 3.8) is 0 Å². The first-order chi connectivity index (χ1) is 10.1. The molecule has 2 aromatic heterocycles. The van der Waals surface area contributed by atoms with E-state index in [0.29, 0.717) is 24.5 Å². The number of nitrogen functional groups attached to an aromatic ring is 1. The largest absolute Gasteiger partial charge is 0.476 e. The van der Waals surface area contributed by atoms with Crippen LogP contribution in [0, 0.1) is 0 Å². The number of hydrogen-bond acceptors (Lipinski definition) is 6. The van der Waals surface area contributed by atoms with E-state index in [9.17, 15) is 9.59 Å². The molecule has 1 atom stereocenters. The van der Waals surface area contributed by atoms with Crippen molar-refractivity contribution in [2.24, 2.45) is 0 Å². The van der Waals surface area contributed by atoms with Gasteiger partial charge < -0.3 is 15.8 Å². The predicted octanol–water partition coefficient (Wildman–Crippen LogP) is 0.350. The quantitative estimate of drug-likeness (QED) is 0.741. The Labute approximate surface area is 118 Å². The van der Waals surface area contributed by atoms with E-state index in [1.54, 1.807) is 0 Å². The topological polar surface area (TPSA) is 140 Å². The molecule has 0 bridgehead atoms. The number of carboxylic acid groups (broad SMARTS) is 1. The lowest BCUT2D eigenvalue weighted by molar-refractivity contribution is 0.0692. The van der Waals surface area contributed by atoms with Crippen LogP contribution in [0.3, 0.4) is 0 Å². The number of carboxylic acids is 1. The van der Waals surface area contributed by atoms with Gasteiger partial charge >= 0.3 is 11.7 Å². The van der Waals surface area contributed by atoms with Gasteiger partial charge in [0, 0.05) is 18.9 Å². The normalized spacial score (nSPS) is 18.2. The molecule has 2 aromatic rings. The molecule has 9 nitrogen and oxygen atoms in total. The third kappa shape index (κ3) is 2.41. The molecule has 9 heteroatoms. The van der Waals surface area contributed by atoms with Crippen molar-refractivity contribution >= 4 is 11.8 Å². The molecule has 0 saturated heterocycles. The summed E-state index contributed by atoms with van der Waals surface area (Å²) >= 11 is 0. The molecule has 0 aromatic carbocycles. The van der Waals surface area contributed by atoms with Crippen LogP contribution in [0.4, 0.5) is 5.82 Å². The van der Waals surface area contributed by atoms with Gasteiger partial charge in [-0.2, -0.15) is 0 Å². The van der Waals surface area contributed by atoms with Crippen molar-refractivity contribution in [1.82, 2.24) is 19.7 Å². The maximum Gasteiger partial charge on any atom is 0.441 e. The number of anilines is 1. The monoisotopic (exact) mass is 293 g/mol. The number of nitrogens with two attached hydrogens (primary N) is 1. The van der Waals surface area contributed by atoms with Gasteiger partial charge in [0.2, 0.25) is 0 Å². The highest BCUT2D eigenvalue weighted by Crippen LogP contribution is 2.24. The lowest BCUT2D eigenvalue weighted by Crippen LogP contribution is -2.23. The van der Waals surface area contributed by atoms with Gasteiger partial charge in [0.1, 0.15) is 11.6 Å². The smallest absolute Gasteiger partial charge is 0.441 e. The molecular formula is C12H15N5O4. The van der Waals surface area contributed by atoms with Crippen LogP contribution in [0.25, 0.3) is 0 Å². The second kappa shape index (κ2) is 5.08. The summed E-state index contributed by atoms with van der Waals surface area (Å²) in [5, 5.41) is 12.7. The van der Waals surface area contributed by atoms with E-state index in [1.807, 2.05) is 0 Å². The summed E-state index contributed by atoms with van der Waals surface area (Å²) in [5.41, 5.74) is 5.39. The maximum absolute atomic E-state index is 11.8. The fraction of sp³-hybridized carbons (Fsp3) is 0.500. The highest BCUT2D eigenvalue weighted by Gasteiger charge is 2.25. The first-order valence-electron chi connectivity index (χ1n) is 6.71. The Bertz CT molecular complexity index is 728. The minimum Gasteiger partial charge on any atom is -0.476 e. The summed E-state index contributed by atoms with van der Waals surface area (Å²) in [5.74, 6) is -0.589. The summed E-state index contributed by atoms with van der Waals surface area (Å²) in [6, 6.07) is -0.159. The standard InChI is InChI=1S/C12H15N5O4/c13-10-9(11(18)19)14-7(15-10)5-6-3-1-2-4-8-16-21-12(20)17(6)8/h6H,1-5,13H2,(H,14,15)(H,18,19). The van der Waals surface area contributed by atoms with Gasteiger partial charge in [0.15, 0.2) is 11.5 Å². The number of H-pyrrole nitrogens is 1. The fourth-order valence-electron chi connectivity index (χ4n) is 2.72. The molecule has 0 spiro atoms. The van der Waals surface area contributed by atoms with Crippen LogP contribution >= 0.6 is 0 Å². The number of aromatic nitrogens is 4. The number of carbonyl (C=O) groups is 1. The number of nitrogens with zero attached hydrogens (tertiary/aromatic N) is 3. The summed E-state index contributed by atoms with van der Waals surface area (Å²) in [6.45, 7) is 0. The number of aryl methyl sites for hydroxylation is 1. The Kier molecular flexibility index (Phi) is 3.24. The Hall–Kier alpha value is -2.58. The molecule has 4 N–H and O–H groups in total. The van der Waals surface area contributed by atoms with Crippen LogP contribution in [0.2, 0.25) is 0 Å². The van der Waals surface area contributed by atoms with E-state index in [1.165, 1.54) is 4.57 Å². The number of hydrogen-bond donors (Lipinski definition) is 3. The number of rotatable bonds is 3. The SMILES string of the molecule is Nc1[nH]c(CC2CCCCc3noc(=O)n32)nc1C(=O)O. The first-order valence-corrected chi connectivity index (χ1v) is 6.71. The Balaban J connectivity index is 1.91. The molecule has 0 fully saturated rings. The maximum atomic E-state index is 11.8. The second-order valence-corrected chi connectivity index (χ2v) is 5.09. The second-order valence-electron chi connectivity index (χ2n) is 5.09. The minimum absolute atomic E-state index is 0.0176. The molecule has 3 rings (SSSR count). The molecule has 1 aliphatic rings. The van der Waals surface area contributed by atoms with Gasteiger partial charge in [-0.05, 0) is 12.8 Å². The van der Waals surface area contributed by atoms with Gasteiger partial charge in [-0.1, -0.05) is 11.6 Å². The van der Waals surface area contributed by atoms with Crippen LogP contribution < -0.4 is 11.5 Å². The van der Waals surface area contributed by atoms with Gasteiger partial charge in [0.25, 0.3) is 0 Å². The van der Waals surface area contributed by atoms with Crippen molar-refractivity contribution in [3.8, 4) is 0 Å². The van der Waals surface area contributed by atoms with E-state index < -0.39 is 11.7 Å².